The van der Waals surface area contributed by atoms with Crippen LogP contribution in [-0.2, 0) is 11.2 Å². The van der Waals surface area contributed by atoms with Gasteiger partial charge in [0.15, 0.2) is 0 Å². The Morgan fingerprint density at radius 3 is 3.05 bits per heavy atom. The van der Waals surface area contributed by atoms with Crippen molar-refractivity contribution in [2.45, 2.75) is 31.7 Å². The second-order valence-corrected chi connectivity index (χ2v) is 5.80. The SMILES string of the molecule is CN1CCCC1CNc1cc2c(cc1N)NC(=O)CC2. The molecule has 20 heavy (non-hydrogen) atoms. The van der Waals surface area contributed by atoms with Crippen LogP contribution in [0.3, 0.4) is 0 Å². The third kappa shape index (κ3) is 2.58. The van der Waals surface area contributed by atoms with Gasteiger partial charge in [0.1, 0.15) is 0 Å². The summed E-state index contributed by atoms with van der Waals surface area (Å²) in [5.74, 6) is 0.0742. The Bertz CT molecular complexity index is 529. The maximum atomic E-state index is 11.4. The minimum atomic E-state index is 0.0742. The molecule has 0 spiro atoms. The highest BCUT2D eigenvalue weighted by Gasteiger charge is 2.21. The van der Waals surface area contributed by atoms with Gasteiger partial charge in [-0.1, -0.05) is 0 Å². The molecule has 5 nitrogen and oxygen atoms in total. The van der Waals surface area contributed by atoms with Gasteiger partial charge in [-0.25, -0.2) is 0 Å². The molecule has 0 aromatic heterocycles. The lowest BCUT2D eigenvalue weighted by atomic mass is 10.0. The van der Waals surface area contributed by atoms with Crippen LogP contribution in [0.4, 0.5) is 17.1 Å². The van der Waals surface area contributed by atoms with Crippen molar-refractivity contribution in [1.29, 1.82) is 0 Å². The van der Waals surface area contributed by atoms with Gasteiger partial charge in [0, 0.05) is 24.7 Å². The van der Waals surface area contributed by atoms with Crippen LogP contribution in [0.25, 0.3) is 0 Å². The molecule has 1 aromatic carbocycles. The van der Waals surface area contributed by atoms with Crippen LogP contribution in [0.5, 0.6) is 0 Å². The zero-order chi connectivity index (χ0) is 14.1. The van der Waals surface area contributed by atoms with Gasteiger partial charge < -0.3 is 21.3 Å². The number of hydrogen-bond acceptors (Lipinski definition) is 4. The molecule has 108 valence electrons. The van der Waals surface area contributed by atoms with Gasteiger partial charge in [-0.3, -0.25) is 4.79 Å². The summed E-state index contributed by atoms with van der Waals surface area (Å²) < 4.78 is 0. The molecule has 0 saturated carbocycles. The Morgan fingerprint density at radius 2 is 2.30 bits per heavy atom. The lowest BCUT2D eigenvalue weighted by molar-refractivity contribution is -0.116. The van der Waals surface area contributed by atoms with Crippen molar-refractivity contribution in [3.63, 3.8) is 0 Å². The Kier molecular flexibility index (Phi) is 3.53. The van der Waals surface area contributed by atoms with Crippen molar-refractivity contribution in [3.8, 4) is 0 Å². The Labute approximate surface area is 119 Å². The largest absolute Gasteiger partial charge is 0.397 e. The highest BCUT2D eigenvalue weighted by Crippen LogP contribution is 2.31. The van der Waals surface area contributed by atoms with E-state index in [0.717, 1.165) is 24.3 Å². The first kappa shape index (κ1) is 13.2. The van der Waals surface area contributed by atoms with Crippen molar-refractivity contribution in [2.75, 3.05) is 36.5 Å². The summed E-state index contributed by atoms with van der Waals surface area (Å²) >= 11 is 0. The second-order valence-electron chi connectivity index (χ2n) is 5.80. The van der Waals surface area contributed by atoms with Gasteiger partial charge in [0.05, 0.1) is 11.4 Å². The van der Waals surface area contributed by atoms with Crippen LogP contribution >= 0.6 is 0 Å². The predicted molar refractivity (Wildman–Crippen MR) is 81.9 cm³/mol. The van der Waals surface area contributed by atoms with Gasteiger partial charge in [-0.15, -0.1) is 0 Å². The fraction of sp³-hybridized carbons (Fsp3) is 0.533. The molecule has 1 atom stereocenters. The lowest BCUT2D eigenvalue weighted by Crippen LogP contribution is -2.31. The number of aryl methyl sites for hydroxylation is 1. The molecular weight excluding hydrogens is 252 g/mol. The number of nitrogen functional groups attached to an aromatic ring is 1. The zero-order valence-electron chi connectivity index (χ0n) is 11.9. The number of amides is 1. The number of hydrogen-bond donors (Lipinski definition) is 3. The molecule has 2 heterocycles. The minimum absolute atomic E-state index is 0.0742. The van der Waals surface area contributed by atoms with Crippen molar-refractivity contribution in [3.05, 3.63) is 17.7 Å². The van der Waals surface area contributed by atoms with E-state index in [4.69, 9.17) is 5.73 Å². The van der Waals surface area contributed by atoms with E-state index in [1.165, 1.54) is 24.9 Å². The van der Waals surface area contributed by atoms with E-state index in [2.05, 4.69) is 28.6 Å². The standard InChI is InChI=1S/C15H22N4O/c1-19-6-2-3-11(19)9-17-14-7-10-4-5-15(20)18-13(10)8-12(14)16/h7-8,11,17H,2-6,9,16H2,1H3,(H,18,20). The van der Waals surface area contributed by atoms with Gasteiger partial charge in [0.25, 0.3) is 0 Å². The predicted octanol–water partition coefficient (Wildman–Crippen LogP) is 1.66. The minimum Gasteiger partial charge on any atom is -0.397 e. The summed E-state index contributed by atoms with van der Waals surface area (Å²) in [4.78, 5) is 13.8. The number of carbonyl (C=O) groups is 1. The quantitative estimate of drug-likeness (QED) is 0.733. The third-order valence-electron chi connectivity index (χ3n) is 4.37. The smallest absolute Gasteiger partial charge is 0.224 e. The molecule has 2 aliphatic heterocycles. The number of carbonyl (C=O) groups excluding carboxylic acids is 1. The van der Waals surface area contributed by atoms with E-state index in [-0.39, 0.29) is 5.91 Å². The van der Waals surface area contributed by atoms with Gasteiger partial charge in [-0.2, -0.15) is 0 Å². The number of fused-ring (bicyclic) bond motifs is 1. The molecule has 0 radical (unpaired) electrons. The average molecular weight is 274 g/mol. The van der Waals surface area contributed by atoms with E-state index >= 15 is 0 Å². The van der Waals surface area contributed by atoms with Crippen LogP contribution in [0.1, 0.15) is 24.8 Å². The first-order valence-electron chi connectivity index (χ1n) is 7.30. The molecule has 1 aromatic rings. The first-order chi connectivity index (χ1) is 9.63. The van der Waals surface area contributed by atoms with E-state index in [9.17, 15) is 4.79 Å². The summed E-state index contributed by atoms with van der Waals surface area (Å²) in [6, 6.07) is 4.54. The fourth-order valence-corrected chi connectivity index (χ4v) is 3.06. The maximum Gasteiger partial charge on any atom is 0.224 e. The van der Waals surface area contributed by atoms with Gasteiger partial charge >= 0.3 is 0 Å². The van der Waals surface area contributed by atoms with E-state index in [1.807, 2.05) is 6.07 Å². The molecule has 3 rings (SSSR count). The summed E-state index contributed by atoms with van der Waals surface area (Å²) in [5, 5.41) is 6.34. The van der Waals surface area contributed by atoms with Crippen LogP contribution in [0.2, 0.25) is 0 Å². The fourth-order valence-electron chi connectivity index (χ4n) is 3.06. The van der Waals surface area contributed by atoms with Crippen molar-refractivity contribution < 1.29 is 4.79 Å². The van der Waals surface area contributed by atoms with Crippen LogP contribution < -0.4 is 16.4 Å². The normalized spacial score (nSPS) is 22.4. The van der Waals surface area contributed by atoms with Crippen LogP contribution in [0.15, 0.2) is 12.1 Å². The number of benzene rings is 1. The van der Waals surface area contributed by atoms with E-state index < -0.39 is 0 Å². The summed E-state index contributed by atoms with van der Waals surface area (Å²) in [7, 11) is 2.17. The molecule has 1 unspecified atom stereocenters. The maximum absolute atomic E-state index is 11.4. The second kappa shape index (κ2) is 5.32. The molecular formula is C15H22N4O. The monoisotopic (exact) mass is 274 g/mol. The summed E-state index contributed by atoms with van der Waals surface area (Å²) in [5.41, 5.74) is 9.80. The molecule has 1 amide bonds. The Balaban J connectivity index is 1.72. The molecule has 2 aliphatic rings. The third-order valence-corrected chi connectivity index (χ3v) is 4.37. The van der Waals surface area contributed by atoms with Crippen molar-refractivity contribution >= 4 is 23.0 Å². The number of nitrogens with two attached hydrogens (primary N) is 1. The van der Waals surface area contributed by atoms with Gasteiger partial charge in [-0.05, 0) is 50.6 Å². The van der Waals surface area contributed by atoms with Gasteiger partial charge in [0.2, 0.25) is 5.91 Å². The first-order valence-corrected chi connectivity index (χ1v) is 7.30. The number of rotatable bonds is 3. The lowest BCUT2D eigenvalue weighted by Gasteiger charge is -2.23. The van der Waals surface area contributed by atoms with E-state index in [0.29, 0.717) is 18.2 Å². The highest BCUT2D eigenvalue weighted by atomic mass is 16.1. The molecule has 1 saturated heterocycles. The van der Waals surface area contributed by atoms with E-state index in [1.54, 1.807) is 0 Å². The number of nitrogens with zero attached hydrogens (tertiary/aromatic N) is 1. The van der Waals surface area contributed by atoms with Crippen LogP contribution in [0, 0.1) is 0 Å². The Hall–Kier alpha value is -1.75. The van der Waals surface area contributed by atoms with Crippen molar-refractivity contribution in [2.24, 2.45) is 0 Å². The molecule has 0 aliphatic carbocycles. The average Bonchev–Trinajstić information content (AvgIpc) is 2.82. The number of anilines is 3. The number of likely N-dealkylation sites (tertiary alicyclic amines) is 1. The van der Waals surface area contributed by atoms with Crippen molar-refractivity contribution in [1.82, 2.24) is 4.90 Å². The molecule has 0 bridgehead atoms. The molecule has 5 heteroatoms. The molecule has 4 N–H and O–H groups in total. The topological polar surface area (TPSA) is 70.4 Å². The number of nitrogens with one attached hydrogen (secondary N) is 2. The summed E-state index contributed by atoms with van der Waals surface area (Å²) in [6.45, 7) is 2.10. The number of likely N-dealkylation sites (N-methyl/N-ethyl adjacent to an activating group) is 1. The zero-order valence-corrected chi connectivity index (χ0v) is 11.9. The Morgan fingerprint density at radius 1 is 1.45 bits per heavy atom. The van der Waals surface area contributed by atoms with Crippen LogP contribution in [-0.4, -0.2) is 37.0 Å². The molecule has 1 fully saturated rings. The highest BCUT2D eigenvalue weighted by molar-refractivity contribution is 5.95. The summed E-state index contributed by atoms with van der Waals surface area (Å²) in [6.07, 6.45) is 3.86.